The van der Waals surface area contributed by atoms with Gasteiger partial charge in [0.1, 0.15) is 0 Å². The van der Waals surface area contributed by atoms with Crippen LogP contribution in [0.3, 0.4) is 0 Å². The first-order chi connectivity index (χ1) is 18.8. The van der Waals surface area contributed by atoms with Crippen LogP contribution in [0.15, 0.2) is 121 Å². The summed E-state index contributed by atoms with van der Waals surface area (Å²) in [4.78, 5) is 0. The van der Waals surface area contributed by atoms with Crippen LogP contribution in [-0.2, 0) is 11.2 Å². The summed E-state index contributed by atoms with van der Waals surface area (Å²) in [6.45, 7) is 7.99. The first-order valence-corrected chi connectivity index (χ1v) is 18.2. The summed E-state index contributed by atoms with van der Waals surface area (Å²) < 4.78 is 3.25. The van der Waals surface area contributed by atoms with Crippen LogP contribution in [-0.4, -0.2) is 21.1 Å². The summed E-state index contributed by atoms with van der Waals surface area (Å²) in [6.07, 6.45) is 5.84. The van der Waals surface area contributed by atoms with Crippen molar-refractivity contribution in [3.8, 4) is 0 Å². The Balaban J connectivity index is 0.000000213. The molecule has 0 bridgehead atoms. The van der Waals surface area contributed by atoms with Crippen LogP contribution >= 0.6 is 0 Å². The Morgan fingerprint density at radius 1 is 0.462 bits per heavy atom. The molecule has 204 valence electrons. The standard InChI is InChI=1S/2C14H13O.2C4H9.Sn/c2*1-14(15,12-8-4-2-5-9-12)13-10-6-3-7-11-13;2*1-3-4-2;/h2*2-11H,1H3;2*1,3-4H2,2H3;/q2*-1;;;+2. The van der Waals surface area contributed by atoms with Crippen LogP contribution in [0.2, 0.25) is 8.87 Å². The third kappa shape index (κ3) is 11.3. The molecule has 0 aliphatic heterocycles. The molecule has 4 aromatic carbocycles. The fourth-order valence-corrected chi connectivity index (χ4v) is 8.25. The first kappa shape index (κ1) is 32.8. The van der Waals surface area contributed by atoms with Gasteiger partial charge in [0.05, 0.1) is 0 Å². The fraction of sp³-hybridized carbons (Fsp3) is 0.333. The fourth-order valence-electron chi connectivity index (χ4n) is 4.09. The van der Waals surface area contributed by atoms with Gasteiger partial charge in [0.25, 0.3) is 0 Å². The Morgan fingerprint density at radius 2 is 0.692 bits per heavy atom. The summed E-state index contributed by atoms with van der Waals surface area (Å²) in [7, 11) is 0. The van der Waals surface area contributed by atoms with Gasteiger partial charge in [-0.25, -0.2) is 0 Å². The molecule has 4 aromatic rings. The van der Waals surface area contributed by atoms with Crippen molar-refractivity contribution in [1.29, 1.82) is 0 Å². The predicted octanol–water partition coefficient (Wildman–Crippen LogP) is 7.75. The molecule has 0 amide bonds. The van der Waals surface area contributed by atoms with Crippen molar-refractivity contribution in [3.05, 3.63) is 144 Å². The SMILES string of the molecule is CC([O-])(c1ccccc1)c1ccccc1.CC([O-])(c1ccccc1)c1ccccc1.CCC[CH2][Sn+2][CH2]CCC. The van der Waals surface area contributed by atoms with Gasteiger partial charge in [-0.2, -0.15) is 0 Å². The van der Waals surface area contributed by atoms with Gasteiger partial charge in [0, 0.05) is 0 Å². The average Bonchev–Trinajstić information content (AvgIpc) is 2.99. The maximum atomic E-state index is 12.5. The summed E-state index contributed by atoms with van der Waals surface area (Å²) in [6, 6.07) is 37.9. The summed E-state index contributed by atoms with van der Waals surface area (Å²) >= 11 is 0.149. The summed E-state index contributed by atoms with van der Waals surface area (Å²) in [5.41, 5.74) is 0.880. The van der Waals surface area contributed by atoms with E-state index >= 15 is 0 Å². The van der Waals surface area contributed by atoms with Gasteiger partial charge >= 0.3 is 69.5 Å². The second-order valence-electron chi connectivity index (χ2n) is 9.99. The molecule has 2 nitrogen and oxygen atoms in total. The molecular formula is C36H44O2Sn. The van der Waals surface area contributed by atoms with Crippen molar-refractivity contribution < 1.29 is 10.2 Å². The molecule has 3 heteroatoms. The molecule has 0 aromatic heterocycles. The molecular weight excluding hydrogens is 583 g/mol. The van der Waals surface area contributed by atoms with Crippen molar-refractivity contribution in [2.45, 2.75) is 73.5 Å². The molecule has 0 unspecified atom stereocenters. The van der Waals surface area contributed by atoms with E-state index in [2.05, 4.69) is 13.8 Å². The van der Waals surface area contributed by atoms with Gasteiger partial charge in [0.15, 0.2) is 0 Å². The average molecular weight is 627 g/mol. The van der Waals surface area contributed by atoms with Gasteiger partial charge < -0.3 is 10.2 Å². The molecule has 0 atom stereocenters. The Hall–Kier alpha value is -2.40. The van der Waals surface area contributed by atoms with Gasteiger partial charge in [-0.3, -0.25) is 0 Å². The Labute approximate surface area is 247 Å². The van der Waals surface area contributed by atoms with E-state index in [1.54, 1.807) is 22.7 Å². The molecule has 0 spiro atoms. The minimum absolute atomic E-state index is 0.149. The number of rotatable bonds is 10. The van der Waals surface area contributed by atoms with Crippen LogP contribution < -0.4 is 10.2 Å². The Morgan fingerprint density at radius 3 is 0.897 bits per heavy atom. The van der Waals surface area contributed by atoms with Gasteiger partial charge in [-0.05, 0) is 0 Å². The van der Waals surface area contributed by atoms with E-state index in [1.165, 1.54) is 25.7 Å². The van der Waals surface area contributed by atoms with E-state index in [0.717, 1.165) is 22.3 Å². The third-order valence-electron chi connectivity index (χ3n) is 6.71. The van der Waals surface area contributed by atoms with E-state index in [1.807, 2.05) is 121 Å². The number of benzene rings is 4. The Bertz CT molecular complexity index is 952. The minimum atomic E-state index is -1.16. The molecule has 0 fully saturated rings. The zero-order valence-corrected chi connectivity index (χ0v) is 27.0. The molecule has 0 aliphatic carbocycles. The van der Waals surface area contributed by atoms with Crippen LogP contribution in [0.25, 0.3) is 0 Å². The van der Waals surface area contributed by atoms with Crippen LogP contribution in [0, 0.1) is 0 Å². The van der Waals surface area contributed by atoms with Gasteiger partial charge in [-0.15, -0.1) is 0 Å². The van der Waals surface area contributed by atoms with Crippen molar-refractivity contribution in [3.63, 3.8) is 0 Å². The van der Waals surface area contributed by atoms with E-state index in [9.17, 15) is 10.2 Å². The quantitative estimate of drug-likeness (QED) is 0.133. The molecule has 39 heavy (non-hydrogen) atoms. The van der Waals surface area contributed by atoms with Crippen molar-refractivity contribution in [1.82, 2.24) is 0 Å². The van der Waals surface area contributed by atoms with Crippen LogP contribution in [0.1, 0.15) is 75.6 Å². The van der Waals surface area contributed by atoms with Crippen LogP contribution in [0.5, 0.6) is 0 Å². The second kappa shape index (κ2) is 18.0. The van der Waals surface area contributed by atoms with Crippen LogP contribution in [0.4, 0.5) is 0 Å². The molecule has 4 rings (SSSR count). The van der Waals surface area contributed by atoms with E-state index in [-0.39, 0.29) is 21.1 Å². The summed E-state index contributed by atoms with van der Waals surface area (Å²) in [5, 5.41) is 25.0. The van der Waals surface area contributed by atoms with Gasteiger partial charge in [0.2, 0.25) is 0 Å². The van der Waals surface area contributed by atoms with Crippen molar-refractivity contribution in [2.75, 3.05) is 0 Å². The van der Waals surface area contributed by atoms with E-state index in [0.29, 0.717) is 0 Å². The number of hydrogen-bond acceptors (Lipinski definition) is 2. The zero-order valence-electron chi connectivity index (χ0n) is 24.1. The number of hydrogen-bond donors (Lipinski definition) is 0. The summed E-state index contributed by atoms with van der Waals surface area (Å²) in [5.74, 6) is 0. The third-order valence-corrected chi connectivity index (χ3v) is 10.7. The normalized spacial score (nSPS) is 10.8. The first-order valence-electron chi connectivity index (χ1n) is 14.2. The molecule has 0 saturated carbocycles. The predicted molar refractivity (Wildman–Crippen MR) is 164 cm³/mol. The monoisotopic (exact) mass is 628 g/mol. The molecule has 0 aliphatic rings. The molecule has 0 saturated heterocycles. The molecule has 0 radical (unpaired) electrons. The number of unbranched alkanes of at least 4 members (excludes halogenated alkanes) is 2. The van der Waals surface area contributed by atoms with Crippen molar-refractivity contribution in [2.24, 2.45) is 0 Å². The van der Waals surface area contributed by atoms with Gasteiger partial charge in [-0.1, -0.05) is 169 Å². The topological polar surface area (TPSA) is 46.1 Å². The van der Waals surface area contributed by atoms with E-state index < -0.39 is 11.2 Å². The second-order valence-corrected chi connectivity index (χ2v) is 14.3. The van der Waals surface area contributed by atoms with E-state index in [4.69, 9.17) is 0 Å². The maximum absolute atomic E-state index is 12.5. The molecule has 0 heterocycles. The van der Waals surface area contributed by atoms with Crippen molar-refractivity contribution >= 4 is 21.1 Å². The molecule has 0 N–H and O–H groups in total. The zero-order chi connectivity index (χ0) is 28.4. The Kier molecular flexibility index (Phi) is 15.2.